The Balaban J connectivity index is 0.00000387. The minimum Gasteiger partial charge on any atom is -0.368 e. The molecule has 0 bridgehead atoms. The Morgan fingerprint density at radius 3 is 2.29 bits per heavy atom. The summed E-state index contributed by atoms with van der Waals surface area (Å²) in [6.45, 7) is 0.613. The molecule has 2 heterocycles. The fourth-order valence-electron chi connectivity index (χ4n) is 5.27. The number of hydrogen-bond acceptors (Lipinski definition) is 9. The molecular formula is C28H33ClN10O2. The summed E-state index contributed by atoms with van der Waals surface area (Å²) in [7, 11) is 0. The van der Waals surface area contributed by atoms with E-state index in [1.54, 1.807) is 41.6 Å². The van der Waals surface area contributed by atoms with Crippen molar-refractivity contribution in [2.45, 2.75) is 38.1 Å². The van der Waals surface area contributed by atoms with E-state index in [-0.39, 0.29) is 36.6 Å². The third-order valence-electron chi connectivity index (χ3n) is 7.52. The molecule has 0 aliphatic heterocycles. The van der Waals surface area contributed by atoms with E-state index >= 15 is 0 Å². The molecule has 12 nitrogen and oxygen atoms in total. The molecule has 0 radical (unpaired) electrons. The van der Waals surface area contributed by atoms with E-state index in [1.807, 2.05) is 24.3 Å². The van der Waals surface area contributed by atoms with E-state index in [2.05, 4.69) is 30.6 Å². The molecule has 13 heteroatoms. The Morgan fingerprint density at radius 1 is 0.976 bits per heavy atom. The van der Waals surface area contributed by atoms with Gasteiger partial charge in [0, 0.05) is 41.5 Å². The molecule has 7 N–H and O–H groups in total. The van der Waals surface area contributed by atoms with Gasteiger partial charge in [0.1, 0.15) is 6.04 Å². The molecule has 2 aromatic heterocycles. The van der Waals surface area contributed by atoms with Crippen molar-refractivity contribution in [3.05, 3.63) is 66.5 Å². The van der Waals surface area contributed by atoms with Crippen molar-refractivity contribution >= 4 is 35.9 Å². The smallest absolute Gasteiger partial charge is 0.240 e. The topological polar surface area (TPSA) is 196 Å². The second-order valence-electron chi connectivity index (χ2n) is 10.1. The van der Waals surface area contributed by atoms with Crippen molar-refractivity contribution in [3.8, 4) is 22.5 Å². The van der Waals surface area contributed by atoms with Gasteiger partial charge < -0.3 is 17.2 Å². The molecule has 2 aromatic carbocycles. The zero-order chi connectivity index (χ0) is 28.1. The van der Waals surface area contributed by atoms with Crippen LogP contribution in [-0.2, 0) is 16.0 Å². The number of halogens is 1. The van der Waals surface area contributed by atoms with Gasteiger partial charge in [-0.05, 0) is 78.8 Å². The highest BCUT2D eigenvalue weighted by Gasteiger charge is 2.36. The summed E-state index contributed by atoms with van der Waals surface area (Å²) in [5.41, 5.74) is 21.3. The average molecular weight is 577 g/mol. The predicted molar refractivity (Wildman–Crippen MR) is 157 cm³/mol. The van der Waals surface area contributed by atoms with Gasteiger partial charge in [0.05, 0.1) is 0 Å². The lowest BCUT2D eigenvalue weighted by atomic mass is 9.81. The first-order valence-corrected chi connectivity index (χ1v) is 13.3. The first kappa shape index (κ1) is 29.6. The fraction of sp³-hybridized carbons (Fsp3) is 0.321. The van der Waals surface area contributed by atoms with E-state index in [0.717, 1.165) is 47.9 Å². The number of rotatable bonds is 9. The summed E-state index contributed by atoms with van der Waals surface area (Å²) >= 11 is 0. The first-order valence-electron chi connectivity index (χ1n) is 13.3. The highest BCUT2D eigenvalue weighted by molar-refractivity contribution is 6.01. The first-order chi connectivity index (χ1) is 19.4. The van der Waals surface area contributed by atoms with Crippen molar-refractivity contribution in [1.82, 2.24) is 30.6 Å². The van der Waals surface area contributed by atoms with Crippen LogP contribution < -0.4 is 22.1 Å². The Bertz CT molecular complexity index is 1440. The third kappa shape index (κ3) is 6.84. The summed E-state index contributed by atoms with van der Waals surface area (Å²) in [6.07, 6.45) is 6.72. The Kier molecular flexibility index (Phi) is 9.58. The molecule has 5 rings (SSSR count). The number of benzene rings is 2. The third-order valence-corrected chi connectivity index (χ3v) is 7.52. The monoisotopic (exact) mass is 576 g/mol. The van der Waals surface area contributed by atoms with Crippen molar-refractivity contribution in [2.24, 2.45) is 23.3 Å². The lowest BCUT2D eigenvalue weighted by Crippen LogP contribution is -2.52. The summed E-state index contributed by atoms with van der Waals surface area (Å²) in [5, 5.41) is 14.1. The fourth-order valence-corrected chi connectivity index (χ4v) is 5.27. The highest BCUT2D eigenvalue weighted by Crippen LogP contribution is 2.33. The highest BCUT2D eigenvalue weighted by atomic mass is 35.5. The number of hydrogen-bond donors (Lipinski definition) is 4. The van der Waals surface area contributed by atoms with Crippen molar-refractivity contribution in [1.29, 1.82) is 0 Å². The Hall–Kier alpha value is -4.42. The maximum atomic E-state index is 14.1. The Labute approximate surface area is 243 Å². The van der Waals surface area contributed by atoms with E-state index in [1.165, 1.54) is 0 Å². The summed E-state index contributed by atoms with van der Waals surface area (Å²) in [5.74, 6) is 0.105. The minimum absolute atomic E-state index is 0. The molecule has 0 saturated heterocycles. The van der Waals surface area contributed by atoms with Crippen molar-refractivity contribution < 1.29 is 9.59 Å². The number of primary amides is 1. The molecule has 1 aliphatic carbocycles. The van der Waals surface area contributed by atoms with Crippen LogP contribution in [0.15, 0.2) is 60.9 Å². The lowest BCUT2D eigenvalue weighted by molar-refractivity contribution is -0.127. The second kappa shape index (κ2) is 13.3. The normalized spacial score (nSPS) is 17.3. The maximum Gasteiger partial charge on any atom is 0.240 e. The number of aromatic nitrogens is 6. The number of anilines is 2. The molecular weight excluding hydrogens is 544 g/mol. The molecule has 1 atom stereocenters. The molecule has 1 fully saturated rings. The number of nitrogens with two attached hydrogens (primary N) is 3. The molecule has 1 saturated carbocycles. The van der Waals surface area contributed by atoms with Gasteiger partial charge >= 0.3 is 0 Å². The largest absolute Gasteiger partial charge is 0.368 e. The Morgan fingerprint density at radius 2 is 1.68 bits per heavy atom. The summed E-state index contributed by atoms with van der Waals surface area (Å²) in [6, 6.07) is 13.9. The van der Waals surface area contributed by atoms with Crippen molar-refractivity contribution in [2.75, 3.05) is 17.2 Å². The van der Waals surface area contributed by atoms with Gasteiger partial charge in [-0.25, -0.2) is 9.97 Å². The SMILES string of the molecule is Cl.NCC1CCC(C(=O)N(c2ccc(-c3nn[nH]n3)cc2)[C@@H](Cc2cccc(-c3cnc(N)nc3)c2)C(N)=O)CC1. The van der Waals surface area contributed by atoms with Crippen LogP contribution in [0, 0.1) is 11.8 Å². The predicted octanol–water partition coefficient (Wildman–Crippen LogP) is 2.52. The summed E-state index contributed by atoms with van der Waals surface area (Å²) in [4.78, 5) is 36.8. The molecule has 41 heavy (non-hydrogen) atoms. The zero-order valence-electron chi connectivity index (χ0n) is 22.4. The number of nitrogen functional groups attached to an aromatic ring is 1. The van der Waals surface area contributed by atoms with Crippen LogP contribution in [-0.4, -0.2) is 55.0 Å². The van der Waals surface area contributed by atoms with Gasteiger partial charge in [0.25, 0.3) is 0 Å². The van der Waals surface area contributed by atoms with Gasteiger partial charge in [0.2, 0.25) is 23.6 Å². The standard InChI is InChI=1S/C28H32N10O2.ClH/c29-14-17-4-6-20(7-5-17)27(40)38(23-10-8-19(9-11-23)26-34-36-37-35-26)24(25(30)39)13-18-2-1-3-21(12-18)22-15-32-28(31)33-16-22;/h1-3,8-12,15-17,20,24H,4-7,13-14,29H2,(H2,30,39)(H2,31,32,33)(H,34,35,36,37);1H/t17?,20?,24-;/m0./s1. The average Bonchev–Trinajstić information content (AvgIpc) is 3.53. The number of H-pyrrole nitrogens is 1. The summed E-state index contributed by atoms with van der Waals surface area (Å²) < 4.78 is 0. The molecule has 0 spiro atoms. The number of carbonyl (C=O) groups is 2. The molecule has 1 aliphatic rings. The number of amides is 2. The van der Waals surface area contributed by atoms with Crippen LogP contribution in [0.1, 0.15) is 31.2 Å². The second-order valence-corrected chi connectivity index (χ2v) is 10.1. The van der Waals surface area contributed by atoms with Gasteiger partial charge in [-0.3, -0.25) is 14.5 Å². The zero-order valence-corrected chi connectivity index (χ0v) is 23.2. The van der Waals surface area contributed by atoms with Gasteiger partial charge in [-0.2, -0.15) is 5.21 Å². The van der Waals surface area contributed by atoms with Gasteiger partial charge in [-0.1, -0.05) is 24.3 Å². The number of tetrazole rings is 1. The van der Waals surface area contributed by atoms with E-state index in [9.17, 15) is 9.59 Å². The van der Waals surface area contributed by atoms with Crippen LogP contribution >= 0.6 is 12.4 Å². The van der Waals surface area contributed by atoms with Crippen LogP contribution in [0.5, 0.6) is 0 Å². The molecule has 214 valence electrons. The van der Waals surface area contributed by atoms with Crippen LogP contribution in [0.2, 0.25) is 0 Å². The molecule has 2 amide bonds. The van der Waals surface area contributed by atoms with Gasteiger partial charge in [0.15, 0.2) is 0 Å². The van der Waals surface area contributed by atoms with E-state index in [0.29, 0.717) is 24.0 Å². The van der Waals surface area contributed by atoms with Gasteiger partial charge in [-0.15, -0.1) is 22.6 Å². The number of aromatic amines is 1. The lowest BCUT2D eigenvalue weighted by Gasteiger charge is -2.35. The van der Waals surface area contributed by atoms with Crippen LogP contribution in [0.25, 0.3) is 22.5 Å². The maximum absolute atomic E-state index is 14.1. The minimum atomic E-state index is -0.909. The van der Waals surface area contributed by atoms with E-state index < -0.39 is 11.9 Å². The van der Waals surface area contributed by atoms with Crippen molar-refractivity contribution in [3.63, 3.8) is 0 Å². The van der Waals surface area contributed by atoms with E-state index in [4.69, 9.17) is 17.2 Å². The quantitative estimate of drug-likeness (QED) is 0.231. The number of nitrogens with zero attached hydrogens (tertiary/aromatic N) is 6. The van der Waals surface area contributed by atoms with Crippen LogP contribution in [0.4, 0.5) is 11.6 Å². The molecule has 0 unspecified atom stereocenters. The number of nitrogens with one attached hydrogen (secondary N) is 1. The molecule has 4 aromatic rings. The number of carbonyl (C=O) groups excluding carboxylic acids is 2. The van der Waals surface area contributed by atoms with Crippen LogP contribution in [0.3, 0.4) is 0 Å².